The van der Waals surface area contributed by atoms with Gasteiger partial charge in [0.25, 0.3) is 5.89 Å². The molecule has 7 heteroatoms. The minimum Gasteiger partial charge on any atom is -0.465 e. The molecule has 3 heterocycles. The van der Waals surface area contributed by atoms with Gasteiger partial charge in [0, 0.05) is 18.8 Å². The van der Waals surface area contributed by atoms with Crippen LogP contribution in [0.2, 0.25) is 0 Å². The number of aryl methyl sites for hydroxylation is 2. The summed E-state index contributed by atoms with van der Waals surface area (Å²) in [6.45, 7) is 3.80. The molecule has 0 saturated carbocycles. The summed E-state index contributed by atoms with van der Waals surface area (Å²) in [6.07, 6.45) is 4.14. The van der Waals surface area contributed by atoms with E-state index < -0.39 is 5.97 Å². The zero-order chi connectivity index (χ0) is 15.0. The van der Waals surface area contributed by atoms with E-state index in [1.807, 2.05) is 20.0 Å². The molecule has 7 nitrogen and oxygen atoms in total. The fourth-order valence-corrected chi connectivity index (χ4v) is 2.11. The van der Waals surface area contributed by atoms with E-state index in [0.717, 1.165) is 5.69 Å². The van der Waals surface area contributed by atoms with Gasteiger partial charge in [-0.3, -0.25) is 0 Å². The molecule has 0 N–H and O–H groups in total. The Kier molecular flexibility index (Phi) is 3.17. The molecule has 108 valence electrons. The number of fused-ring (bicyclic) bond motifs is 1. The molecular weight excluding hydrogens is 272 g/mol. The van der Waals surface area contributed by atoms with Crippen molar-refractivity contribution in [3.63, 3.8) is 0 Å². The van der Waals surface area contributed by atoms with Crippen molar-refractivity contribution in [2.45, 2.75) is 20.3 Å². The maximum atomic E-state index is 11.8. The molecule has 0 aromatic carbocycles. The molecule has 0 saturated heterocycles. The van der Waals surface area contributed by atoms with E-state index in [1.165, 1.54) is 7.11 Å². The number of imidazole rings is 1. The molecule has 0 unspecified atom stereocenters. The summed E-state index contributed by atoms with van der Waals surface area (Å²) in [6, 6.07) is 1.65. The van der Waals surface area contributed by atoms with Gasteiger partial charge in [0.15, 0.2) is 0 Å². The number of ether oxygens (including phenoxy) is 1. The number of esters is 1. The van der Waals surface area contributed by atoms with Gasteiger partial charge >= 0.3 is 5.97 Å². The molecule has 0 radical (unpaired) electrons. The molecule has 21 heavy (non-hydrogen) atoms. The van der Waals surface area contributed by atoms with E-state index in [9.17, 15) is 4.79 Å². The number of rotatable bonds is 3. The number of aromatic nitrogens is 4. The van der Waals surface area contributed by atoms with Gasteiger partial charge in [-0.15, -0.1) is 10.2 Å². The minimum absolute atomic E-state index is 0.341. The molecule has 0 bridgehead atoms. The number of hydrogen-bond acceptors (Lipinski definition) is 6. The fraction of sp³-hybridized carbons (Fsp3) is 0.286. The molecule has 0 atom stereocenters. The second-order valence-electron chi connectivity index (χ2n) is 4.60. The number of methoxy groups -OCH3 is 1. The Morgan fingerprint density at radius 3 is 2.86 bits per heavy atom. The van der Waals surface area contributed by atoms with Crippen molar-refractivity contribution in [2.24, 2.45) is 0 Å². The number of pyridine rings is 1. The van der Waals surface area contributed by atoms with Crippen LogP contribution in [-0.4, -0.2) is 32.7 Å². The van der Waals surface area contributed by atoms with Crippen molar-refractivity contribution in [1.29, 1.82) is 0 Å². The summed E-state index contributed by atoms with van der Waals surface area (Å²) in [5.74, 6) is 0.447. The van der Waals surface area contributed by atoms with E-state index in [4.69, 9.17) is 9.15 Å². The number of carbonyl (C=O) groups is 1. The summed E-state index contributed by atoms with van der Waals surface area (Å²) < 4.78 is 12.1. The highest BCUT2D eigenvalue weighted by Crippen LogP contribution is 2.25. The lowest BCUT2D eigenvalue weighted by Crippen LogP contribution is -2.04. The zero-order valence-corrected chi connectivity index (χ0v) is 12.0. The van der Waals surface area contributed by atoms with Gasteiger partial charge in [-0.2, -0.15) is 0 Å². The molecule has 0 aliphatic carbocycles. The van der Waals surface area contributed by atoms with Gasteiger partial charge in [0.1, 0.15) is 5.65 Å². The SMILES string of the molecule is CCc1nnc(-c2cc(C(=O)OC)cn3cc(C)nc23)o1. The van der Waals surface area contributed by atoms with Gasteiger partial charge in [0.2, 0.25) is 5.89 Å². The fourth-order valence-electron chi connectivity index (χ4n) is 2.11. The maximum Gasteiger partial charge on any atom is 0.339 e. The number of carbonyl (C=O) groups excluding carboxylic acids is 1. The zero-order valence-electron chi connectivity index (χ0n) is 12.0. The second kappa shape index (κ2) is 5.01. The second-order valence-corrected chi connectivity index (χ2v) is 4.60. The normalized spacial score (nSPS) is 11.0. The van der Waals surface area contributed by atoms with Gasteiger partial charge in [-0.25, -0.2) is 9.78 Å². The Balaban J connectivity index is 2.25. The quantitative estimate of drug-likeness (QED) is 0.685. The lowest BCUT2D eigenvalue weighted by atomic mass is 10.2. The van der Waals surface area contributed by atoms with Crippen LogP contribution in [0.3, 0.4) is 0 Å². The lowest BCUT2D eigenvalue weighted by molar-refractivity contribution is 0.0600. The van der Waals surface area contributed by atoms with Crippen LogP contribution >= 0.6 is 0 Å². The van der Waals surface area contributed by atoms with Crippen LogP contribution in [0, 0.1) is 6.92 Å². The van der Waals surface area contributed by atoms with Crippen LogP contribution in [0.25, 0.3) is 17.1 Å². The average molecular weight is 286 g/mol. The number of hydrogen-bond donors (Lipinski definition) is 0. The first-order chi connectivity index (χ1) is 10.1. The highest BCUT2D eigenvalue weighted by molar-refractivity contribution is 5.92. The third-order valence-corrected chi connectivity index (χ3v) is 3.09. The van der Waals surface area contributed by atoms with Crippen LogP contribution in [0.15, 0.2) is 22.9 Å². The summed E-state index contributed by atoms with van der Waals surface area (Å²) in [7, 11) is 1.34. The van der Waals surface area contributed by atoms with E-state index in [1.54, 1.807) is 16.7 Å². The number of nitrogens with zero attached hydrogens (tertiary/aromatic N) is 4. The maximum absolute atomic E-state index is 11.8. The summed E-state index contributed by atoms with van der Waals surface area (Å²) in [4.78, 5) is 16.2. The first-order valence-corrected chi connectivity index (χ1v) is 6.52. The monoisotopic (exact) mass is 286 g/mol. The molecular formula is C14H14N4O3. The van der Waals surface area contributed by atoms with Crippen LogP contribution in [0.4, 0.5) is 0 Å². The first-order valence-electron chi connectivity index (χ1n) is 6.52. The minimum atomic E-state index is -0.431. The third kappa shape index (κ3) is 2.26. The third-order valence-electron chi connectivity index (χ3n) is 3.09. The summed E-state index contributed by atoms with van der Waals surface area (Å²) in [5.41, 5.74) is 2.49. The van der Waals surface area contributed by atoms with Crippen LogP contribution < -0.4 is 0 Å². The van der Waals surface area contributed by atoms with Crippen molar-refractivity contribution in [1.82, 2.24) is 19.6 Å². The van der Waals surface area contributed by atoms with Crippen molar-refractivity contribution >= 4 is 11.6 Å². The van der Waals surface area contributed by atoms with Crippen LogP contribution in [-0.2, 0) is 11.2 Å². The first kappa shape index (κ1) is 13.3. The average Bonchev–Trinajstić information content (AvgIpc) is 3.10. The highest BCUT2D eigenvalue weighted by Gasteiger charge is 2.17. The van der Waals surface area contributed by atoms with E-state index in [-0.39, 0.29) is 0 Å². The topological polar surface area (TPSA) is 82.5 Å². The molecule has 0 fully saturated rings. The molecule has 0 amide bonds. The van der Waals surface area contributed by atoms with Crippen LogP contribution in [0.5, 0.6) is 0 Å². The van der Waals surface area contributed by atoms with Crippen molar-refractivity contribution in [3.05, 3.63) is 35.6 Å². The highest BCUT2D eigenvalue weighted by atomic mass is 16.5. The van der Waals surface area contributed by atoms with E-state index in [0.29, 0.717) is 35.0 Å². The van der Waals surface area contributed by atoms with Gasteiger partial charge in [-0.05, 0) is 13.0 Å². The molecule has 3 rings (SSSR count). The lowest BCUT2D eigenvalue weighted by Gasteiger charge is -2.04. The predicted molar refractivity (Wildman–Crippen MR) is 73.9 cm³/mol. The van der Waals surface area contributed by atoms with Gasteiger partial charge < -0.3 is 13.6 Å². The smallest absolute Gasteiger partial charge is 0.339 e. The molecule has 0 aliphatic rings. The van der Waals surface area contributed by atoms with Crippen molar-refractivity contribution in [2.75, 3.05) is 7.11 Å². The van der Waals surface area contributed by atoms with E-state index in [2.05, 4.69) is 15.2 Å². The molecule has 3 aromatic rings. The Hall–Kier alpha value is -2.70. The van der Waals surface area contributed by atoms with E-state index >= 15 is 0 Å². The Morgan fingerprint density at radius 1 is 1.38 bits per heavy atom. The Labute approximate surface area is 120 Å². The standard InChI is InChI=1S/C14H14N4O3/c1-4-11-16-17-13(21-11)10-5-9(14(19)20-3)7-18-6-8(2)15-12(10)18/h5-7H,4H2,1-3H3. The van der Waals surface area contributed by atoms with Crippen molar-refractivity contribution < 1.29 is 13.9 Å². The van der Waals surface area contributed by atoms with Crippen molar-refractivity contribution in [3.8, 4) is 11.5 Å². The van der Waals surface area contributed by atoms with Gasteiger partial charge in [0.05, 0.1) is 23.9 Å². The summed E-state index contributed by atoms with van der Waals surface area (Å²) >= 11 is 0. The van der Waals surface area contributed by atoms with Gasteiger partial charge in [-0.1, -0.05) is 6.92 Å². The molecule has 0 aliphatic heterocycles. The largest absolute Gasteiger partial charge is 0.465 e. The Morgan fingerprint density at radius 2 is 2.19 bits per heavy atom. The van der Waals surface area contributed by atoms with Crippen LogP contribution in [0.1, 0.15) is 28.9 Å². The summed E-state index contributed by atoms with van der Waals surface area (Å²) in [5, 5.41) is 7.97. The Bertz CT molecular complexity index is 819. The predicted octanol–water partition coefficient (Wildman–Crippen LogP) is 2.04. The molecule has 0 spiro atoms. The molecule has 3 aromatic heterocycles.